The van der Waals surface area contributed by atoms with Gasteiger partial charge in [0, 0.05) is 5.92 Å². The van der Waals surface area contributed by atoms with Crippen molar-refractivity contribution < 1.29 is 19.8 Å². The Balaban J connectivity index is 3.35. The molecule has 20 heavy (non-hydrogen) atoms. The monoisotopic (exact) mass is 279 g/mol. The Morgan fingerprint density at radius 1 is 1.05 bits per heavy atom. The fraction of sp³-hybridized carbons (Fsp3) is 0.467. The van der Waals surface area contributed by atoms with E-state index in [1.54, 1.807) is 24.3 Å². The van der Waals surface area contributed by atoms with E-state index in [1.165, 1.54) is 0 Å². The van der Waals surface area contributed by atoms with E-state index in [4.69, 9.17) is 10.8 Å². The largest absolute Gasteiger partial charge is 0.481 e. The van der Waals surface area contributed by atoms with Crippen molar-refractivity contribution in [1.82, 2.24) is 0 Å². The lowest BCUT2D eigenvalue weighted by molar-refractivity contribution is -0.152. The Labute approximate surface area is 118 Å². The highest BCUT2D eigenvalue weighted by molar-refractivity contribution is 5.83. The molecule has 1 rings (SSSR count). The Kier molecular flexibility index (Phi) is 4.89. The van der Waals surface area contributed by atoms with E-state index < -0.39 is 35.2 Å². The summed E-state index contributed by atoms with van der Waals surface area (Å²) >= 11 is 0. The molecule has 5 heteroatoms. The van der Waals surface area contributed by atoms with E-state index in [0.717, 1.165) is 5.56 Å². The van der Waals surface area contributed by atoms with Crippen molar-refractivity contribution in [3.63, 3.8) is 0 Å². The van der Waals surface area contributed by atoms with Crippen LogP contribution in [0.3, 0.4) is 0 Å². The lowest BCUT2D eigenvalue weighted by Gasteiger charge is -2.37. The van der Waals surface area contributed by atoms with Crippen LogP contribution in [0.2, 0.25) is 0 Å². The molecule has 0 fully saturated rings. The zero-order valence-electron chi connectivity index (χ0n) is 11.9. The summed E-state index contributed by atoms with van der Waals surface area (Å²) in [6.07, 6.45) is 0. The van der Waals surface area contributed by atoms with Crippen LogP contribution in [0.1, 0.15) is 32.3 Å². The number of hydrogen-bond acceptors (Lipinski definition) is 3. The molecule has 0 heterocycles. The molecule has 1 aromatic carbocycles. The Hall–Kier alpha value is -1.88. The molecule has 4 N–H and O–H groups in total. The molecule has 0 saturated heterocycles. The van der Waals surface area contributed by atoms with Gasteiger partial charge in [0.1, 0.15) is 6.04 Å². The fourth-order valence-electron chi connectivity index (χ4n) is 2.56. The number of carboxylic acids is 2. The number of carbonyl (C=O) groups is 2. The van der Waals surface area contributed by atoms with Crippen LogP contribution in [0.25, 0.3) is 0 Å². The summed E-state index contributed by atoms with van der Waals surface area (Å²) in [7, 11) is 0. The molecule has 0 bridgehead atoms. The van der Waals surface area contributed by atoms with Gasteiger partial charge in [0.15, 0.2) is 0 Å². The summed E-state index contributed by atoms with van der Waals surface area (Å²) in [4.78, 5) is 22.7. The Bertz CT molecular complexity index is 478. The van der Waals surface area contributed by atoms with E-state index >= 15 is 0 Å². The van der Waals surface area contributed by atoms with Gasteiger partial charge in [0.2, 0.25) is 0 Å². The minimum atomic E-state index is -1.45. The van der Waals surface area contributed by atoms with Gasteiger partial charge in [-0.05, 0) is 11.0 Å². The third-order valence-corrected chi connectivity index (χ3v) is 3.41. The van der Waals surface area contributed by atoms with Gasteiger partial charge in [-0.2, -0.15) is 0 Å². The van der Waals surface area contributed by atoms with Crippen molar-refractivity contribution in [3.8, 4) is 0 Å². The first-order chi connectivity index (χ1) is 9.16. The lowest BCUT2D eigenvalue weighted by Crippen LogP contribution is -2.47. The molecule has 0 saturated carbocycles. The van der Waals surface area contributed by atoms with Gasteiger partial charge in [-0.25, -0.2) is 0 Å². The Morgan fingerprint density at radius 2 is 1.55 bits per heavy atom. The Morgan fingerprint density at radius 3 is 1.90 bits per heavy atom. The highest BCUT2D eigenvalue weighted by atomic mass is 16.4. The molecule has 0 aromatic heterocycles. The van der Waals surface area contributed by atoms with E-state index in [-0.39, 0.29) is 0 Å². The predicted octanol–water partition coefficient (Wildman–Crippen LogP) is 1.93. The smallest absolute Gasteiger partial charge is 0.321 e. The minimum absolute atomic E-state index is 0.433. The first-order valence-electron chi connectivity index (χ1n) is 6.42. The third-order valence-electron chi connectivity index (χ3n) is 3.41. The molecule has 0 aliphatic rings. The van der Waals surface area contributed by atoms with Crippen molar-refractivity contribution in [2.45, 2.75) is 32.7 Å². The molecule has 0 aliphatic heterocycles. The van der Waals surface area contributed by atoms with Crippen LogP contribution < -0.4 is 5.73 Å². The molecule has 0 amide bonds. The molecule has 0 radical (unpaired) electrons. The number of carboxylic acid groups (broad SMARTS) is 2. The molecule has 5 nitrogen and oxygen atoms in total. The molecule has 110 valence electrons. The number of benzene rings is 1. The van der Waals surface area contributed by atoms with Gasteiger partial charge in [-0.15, -0.1) is 0 Å². The second kappa shape index (κ2) is 6.05. The zero-order valence-corrected chi connectivity index (χ0v) is 11.9. The normalized spacial score (nSPS) is 16.2. The molecule has 2 unspecified atom stereocenters. The number of aliphatic carboxylic acids is 2. The maximum atomic E-state index is 11.6. The highest BCUT2D eigenvalue weighted by Gasteiger charge is 2.43. The molecule has 0 aliphatic carbocycles. The van der Waals surface area contributed by atoms with Gasteiger partial charge in [-0.1, -0.05) is 51.1 Å². The minimum Gasteiger partial charge on any atom is -0.481 e. The average molecular weight is 279 g/mol. The van der Waals surface area contributed by atoms with Crippen molar-refractivity contribution in [2.75, 3.05) is 0 Å². The van der Waals surface area contributed by atoms with Gasteiger partial charge in [-0.3, -0.25) is 9.59 Å². The van der Waals surface area contributed by atoms with E-state index in [2.05, 4.69) is 0 Å². The van der Waals surface area contributed by atoms with Crippen LogP contribution >= 0.6 is 0 Å². The van der Waals surface area contributed by atoms with Crippen LogP contribution in [-0.2, 0) is 9.59 Å². The number of rotatable bonds is 5. The van der Waals surface area contributed by atoms with Gasteiger partial charge < -0.3 is 15.9 Å². The van der Waals surface area contributed by atoms with Gasteiger partial charge >= 0.3 is 11.9 Å². The maximum Gasteiger partial charge on any atom is 0.321 e. The summed E-state index contributed by atoms with van der Waals surface area (Å²) in [6.45, 7) is 5.65. The molecular formula is C15H21NO4. The van der Waals surface area contributed by atoms with Crippen LogP contribution in [0.4, 0.5) is 0 Å². The standard InChI is InChI=1S/C15H21NO4/c1-15(2,3)11(9-7-5-4-6-8-9)10(13(17)18)12(16)14(19)20/h4-8,10-12H,16H2,1-3H3,(H,17,18)(H,19,20)/t10?,11?,12-/m0/s1. The van der Waals surface area contributed by atoms with E-state index in [9.17, 15) is 14.7 Å². The third kappa shape index (κ3) is 3.57. The quantitative estimate of drug-likeness (QED) is 0.764. The highest BCUT2D eigenvalue weighted by Crippen LogP contribution is 2.42. The topological polar surface area (TPSA) is 101 Å². The zero-order chi connectivity index (χ0) is 15.5. The SMILES string of the molecule is CC(C)(C)C(c1ccccc1)C(C(=O)O)[C@H](N)C(=O)O. The molecule has 3 atom stereocenters. The van der Waals surface area contributed by atoms with Crippen molar-refractivity contribution in [3.05, 3.63) is 35.9 Å². The maximum absolute atomic E-state index is 11.6. The van der Waals surface area contributed by atoms with Crippen LogP contribution in [0.15, 0.2) is 30.3 Å². The summed E-state index contributed by atoms with van der Waals surface area (Å²) in [5.41, 5.74) is 5.96. The number of nitrogens with two attached hydrogens (primary N) is 1. The summed E-state index contributed by atoms with van der Waals surface area (Å²) in [6, 6.07) is 7.60. The first-order valence-corrected chi connectivity index (χ1v) is 6.42. The first kappa shape index (κ1) is 16.2. The van der Waals surface area contributed by atoms with E-state index in [1.807, 2.05) is 26.8 Å². The van der Waals surface area contributed by atoms with Crippen LogP contribution in [0, 0.1) is 11.3 Å². The predicted molar refractivity (Wildman–Crippen MR) is 75.4 cm³/mol. The second-order valence-corrected chi connectivity index (χ2v) is 5.98. The van der Waals surface area contributed by atoms with E-state index in [0.29, 0.717) is 0 Å². The fourth-order valence-corrected chi connectivity index (χ4v) is 2.56. The summed E-state index contributed by atoms with van der Waals surface area (Å²) in [5, 5.41) is 18.5. The molecular weight excluding hydrogens is 258 g/mol. The van der Waals surface area contributed by atoms with Gasteiger partial charge in [0.05, 0.1) is 5.92 Å². The molecule has 1 aromatic rings. The van der Waals surface area contributed by atoms with Crippen molar-refractivity contribution in [2.24, 2.45) is 17.1 Å². The van der Waals surface area contributed by atoms with Crippen LogP contribution in [0.5, 0.6) is 0 Å². The molecule has 0 spiro atoms. The summed E-state index contributed by atoms with van der Waals surface area (Å²) < 4.78 is 0. The van der Waals surface area contributed by atoms with Crippen molar-refractivity contribution in [1.29, 1.82) is 0 Å². The average Bonchev–Trinajstić information content (AvgIpc) is 2.33. The number of hydrogen-bond donors (Lipinski definition) is 3. The van der Waals surface area contributed by atoms with Crippen LogP contribution in [-0.4, -0.2) is 28.2 Å². The summed E-state index contributed by atoms with van der Waals surface area (Å²) in [5.74, 6) is -4.17. The van der Waals surface area contributed by atoms with Gasteiger partial charge in [0.25, 0.3) is 0 Å². The van der Waals surface area contributed by atoms with Crippen molar-refractivity contribution >= 4 is 11.9 Å². The lowest BCUT2D eigenvalue weighted by atomic mass is 9.67. The second-order valence-electron chi connectivity index (χ2n) is 5.98.